The van der Waals surface area contributed by atoms with Crippen LogP contribution in [-0.4, -0.2) is 39.6 Å². The highest BCUT2D eigenvalue weighted by atomic mass is 31.1. The lowest BCUT2D eigenvalue weighted by atomic mass is 9.89. The van der Waals surface area contributed by atoms with Crippen LogP contribution in [0.4, 0.5) is 0 Å². The minimum absolute atomic E-state index is 0.00823. The molecule has 1 rings (SSSR count). The fourth-order valence-electron chi connectivity index (χ4n) is 1.76. The first kappa shape index (κ1) is 17.3. The zero-order valence-corrected chi connectivity index (χ0v) is 12.3. The highest BCUT2D eigenvalue weighted by Crippen LogP contribution is 2.19. The zero-order chi connectivity index (χ0) is 15.9. The first-order valence-corrected chi connectivity index (χ1v) is 7.90. The van der Waals surface area contributed by atoms with Gasteiger partial charge in [0.15, 0.2) is 0 Å². The molecule has 4 N–H and O–H groups in total. The molecule has 114 valence electrons. The third kappa shape index (κ3) is 6.04. The van der Waals surface area contributed by atoms with Gasteiger partial charge in [-0.1, -0.05) is 30.3 Å². The van der Waals surface area contributed by atoms with Crippen molar-refractivity contribution < 1.29 is 24.7 Å². The second kappa shape index (κ2) is 7.88. The van der Waals surface area contributed by atoms with E-state index in [0.717, 1.165) is 5.56 Å². The third-order valence-electron chi connectivity index (χ3n) is 2.99. The fraction of sp³-hybridized carbons (Fsp3) is 0.357. The van der Waals surface area contributed by atoms with E-state index < -0.39 is 25.2 Å². The summed E-state index contributed by atoms with van der Waals surface area (Å²) in [5, 5.41) is 17.8. The van der Waals surface area contributed by atoms with Crippen LogP contribution in [0.2, 0.25) is 0 Å². The van der Waals surface area contributed by atoms with Crippen molar-refractivity contribution in [3.63, 3.8) is 0 Å². The molecule has 1 aromatic carbocycles. The predicted molar refractivity (Wildman–Crippen MR) is 79.4 cm³/mol. The Morgan fingerprint density at radius 3 is 2.43 bits per heavy atom. The molecule has 0 saturated carbocycles. The van der Waals surface area contributed by atoms with E-state index in [1.165, 1.54) is 5.80 Å². The molecular formula is C14H18NO5P. The number of aliphatic carboxylic acids is 2. The Labute approximate surface area is 123 Å². The fourth-order valence-corrected chi connectivity index (χ4v) is 2.88. The zero-order valence-electron chi connectivity index (χ0n) is 11.4. The molecule has 0 spiro atoms. The van der Waals surface area contributed by atoms with Gasteiger partial charge in [-0.2, -0.15) is 0 Å². The molecule has 0 amide bonds. The lowest BCUT2D eigenvalue weighted by molar-refractivity contribution is -0.154. The van der Waals surface area contributed by atoms with Crippen molar-refractivity contribution in [3.8, 4) is 0 Å². The minimum atomic E-state index is -1.88. The number of carbonyl (C=O) groups is 2. The van der Waals surface area contributed by atoms with Gasteiger partial charge in [0.05, 0.1) is 12.2 Å². The van der Waals surface area contributed by atoms with Gasteiger partial charge in [0, 0.05) is 20.6 Å². The van der Waals surface area contributed by atoms with E-state index in [9.17, 15) is 19.6 Å². The summed E-state index contributed by atoms with van der Waals surface area (Å²) in [6.45, 7) is 0. The highest BCUT2D eigenvalue weighted by molar-refractivity contribution is 7.49. The van der Waals surface area contributed by atoms with Gasteiger partial charge in [-0.25, -0.2) is 0 Å². The Balaban J connectivity index is 2.74. The van der Waals surface area contributed by atoms with E-state index >= 15 is 0 Å². The van der Waals surface area contributed by atoms with Gasteiger partial charge in [0.25, 0.3) is 0 Å². The molecule has 0 aliphatic heterocycles. The van der Waals surface area contributed by atoms with Gasteiger partial charge in [-0.15, -0.1) is 0 Å². The lowest BCUT2D eigenvalue weighted by Crippen LogP contribution is -2.50. The van der Waals surface area contributed by atoms with E-state index in [0.29, 0.717) is 0 Å². The van der Waals surface area contributed by atoms with E-state index in [-0.39, 0.29) is 25.4 Å². The summed E-state index contributed by atoms with van der Waals surface area (Å²) in [6, 6.07) is 8.94. The first-order valence-electron chi connectivity index (χ1n) is 6.38. The SMILES string of the molecule is NC(CC=[P+]([O-])CCC(=O)O)(Cc1ccccc1)C(=O)O. The first-order chi connectivity index (χ1) is 9.83. The Morgan fingerprint density at radius 2 is 1.90 bits per heavy atom. The molecule has 7 heteroatoms. The molecule has 6 nitrogen and oxygen atoms in total. The van der Waals surface area contributed by atoms with E-state index in [1.807, 2.05) is 6.07 Å². The van der Waals surface area contributed by atoms with Gasteiger partial charge in [-0.05, 0) is 5.56 Å². The number of nitrogens with two attached hydrogens (primary N) is 1. The molecule has 0 bridgehead atoms. The van der Waals surface area contributed by atoms with Crippen LogP contribution in [0.15, 0.2) is 30.3 Å². The van der Waals surface area contributed by atoms with Gasteiger partial charge in [0.1, 0.15) is 11.7 Å². The third-order valence-corrected chi connectivity index (χ3v) is 4.25. The Hall–Kier alpha value is -1.75. The van der Waals surface area contributed by atoms with Crippen molar-refractivity contribution in [2.24, 2.45) is 5.73 Å². The molecule has 0 aromatic heterocycles. The molecule has 1 aromatic rings. The van der Waals surface area contributed by atoms with Crippen molar-refractivity contribution in [1.29, 1.82) is 0 Å². The van der Waals surface area contributed by atoms with Crippen LogP contribution in [0.5, 0.6) is 0 Å². The molecule has 0 aliphatic rings. The van der Waals surface area contributed by atoms with Crippen LogP contribution >= 0.6 is 7.77 Å². The van der Waals surface area contributed by atoms with E-state index in [4.69, 9.17) is 10.8 Å². The standard InChI is InChI=1S/C14H18NO5P/c15-14(13(18)19,10-11-4-2-1-3-5-11)7-9-21(20)8-6-12(16)17/h1-5,9H,6-8,10,15H2,(H,16,17)(H,18,19). The summed E-state index contributed by atoms with van der Waals surface area (Å²) in [7, 11) is -1.88. The Bertz CT molecular complexity index is 531. The van der Waals surface area contributed by atoms with Gasteiger partial charge < -0.3 is 20.8 Å². The molecule has 0 aliphatic carbocycles. The largest absolute Gasteiger partial charge is 0.631 e. The maximum Gasteiger partial charge on any atom is 0.324 e. The molecule has 0 heterocycles. The second-order valence-electron chi connectivity index (χ2n) is 4.79. The molecule has 21 heavy (non-hydrogen) atoms. The van der Waals surface area contributed by atoms with Crippen molar-refractivity contribution >= 4 is 25.5 Å². The molecular weight excluding hydrogens is 293 g/mol. The molecule has 0 fully saturated rings. The highest BCUT2D eigenvalue weighted by Gasteiger charge is 2.34. The summed E-state index contributed by atoms with van der Waals surface area (Å²) in [4.78, 5) is 33.4. The molecule has 2 atom stereocenters. The Morgan fingerprint density at radius 1 is 1.29 bits per heavy atom. The number of carboxylic acids is 2. The van der Waals surface area contributed by atoms with Crippen LogP contribution < -0.4 is 10.6 Å². The number of carboxylic acid groups (broad SMARTS) is 2. The van der Waals surface area contributed by atoms with Crippen LogP contribution in [0, 0.1) is 0 Å². The smallest absolute Gasteiger partial charge is 0.324 e. The van der Waals surface area contributed by atoms with Crippen LogP contribution in [0.1, 0.15) is 18.4 Å². The summed E-state index contributed by atoms with van der Waals surface area (Å²) < 4.78 is 0. The van der Waals surface area contributed by atoms with Gasteiger partial charge in [0.2, 0.25) is 0 Å². The summed E-state index contributed by atoms with van der Waals surface area (Å²) in [5.74, 6) is -0.896. The quantitative estimate of drug-likeness (QED) is 0.598. The van der Waals surface area contributed by atoms with Crippen LogP contribution in [0.3, 0.4) is 0 Å². The van der Waals surface area contributed by atoms with Crippen molar-refractivity contribution in [2.75, 3.05) is 6.16 Å². The normalized spacial score (nSPS) is 14.5. The molecule has 0 radical (unpaired) electrons. The molecule has 2 unspecified atom stereocenters. The maximum absolute atomic E-state index is 11.6. The van der Waals surface area contributed by atoms with Crippen molar-refractivity contribution in [3.05, 3.63) is 35.9 Å². The average molecular weight is 311 g/mol. The Kier molecular flexibility index (Phi) is 6.49. The van der Waals surface area contributed by atoms with Crippen molar-refractivity contribution in [1.82, 2.24) is 0 Å². The summed E-state index contributed by atoms with van der Waals surface area (Å²) in [6.07, 6.45) is -0.186. The monoisotopic (exact) mass is 311 g/mol. The number of rotatable bonds is 8. The van der Waals surface area contributed by atoms with Gasteiger partial charge >= 0.3 is 11.9 Å². The van der Waals surface area contributed by atoms with E-state index in [1.54, 1.807) is 24.3 Å². The predicted octanol–water partition coefficient (Wildman–Crippen LogP) is 0.435. The van der Waals surface area contributed by atoms with Crippen LogP contribution in [-0.2, 0) is 16.0 Å². The minimum Gasteiger partial charge on any atom is -0.631 e. The number of hydrogen-bond acceptors (Lipinski definition) is 4. The van der Waals surface area contributed by atoms with E-state index in [2.05, 4.69) is 0 Å². The maximum atomic E-state index is 11.6. The average Bonchev–Trinajstić information content (AvgIpc) is 2.44. The lowest BCUT2D eigenvalue weighted by Gasteiger charge is -2.22. The number of benzene rings is 1. The molecule has 0 saturated heterocycles. The topological polar surface area (TPSA) is 124 Å². The summed E-state index contributed by atoms with van der Waals surface area (Å²) in [5.41, 5.74) is 5.13. The number of hydrogen-bond donors (Lipinski definition) is 3. The van der Waals surface area contributed by atoms with Crippen LogP contribution in [0.25, 0.3) is 0 Å². The summed E-state index contributed by atoms with van der Waals surface area (Å²) >= 11 is 0. The second-order valence-corrected chi connectivity index (χ2v) is 6.44. The van der Waals surface area contributed by atoms with Crippen molar-refractivity contribution in [2.45, 2.75) is 24.8 Å². The van der Waals surface area contributed by atoms with Gasteiger partial charge in [-0.3, -0.25) is 9.59 Å².